The maximum Gasteiger partial charge on any atom is 0.208 e. The van der Waals surface area contributed by atoms with Gasteiger partial charge in [-0.3, -0.25) is 10.9 Å². The lowest BCUT2D eigenvalue weighted by molar-refractivity contribution is 0.264. The molecule has 3 unspecified atom stereocenters. The summed E-state index contributed by atoms with van der Waals surface area (Å²) in [6.45, 7) is 1.73. The van der Waals surface area contributed by atoms with E-state index in [1.807, 2.05) is 24.3 Å². The number of nitrogens with zero attached hydrogens (tertiary/aromatic N) is 3. The fraction of sp³-hybridized carbons (Fsp3) is 0.556. The summed E-state index contributed by atoms with van der Waals surface area (Å²) in [5.74, 6) is 1.45. The summed E-state index contributed by atoms with van der Waals surface area (Å²) < 4.78 is 5.31. The molecule has 0 radical (unpaired) electrons. The lowest BCUT2D eigenvalue weighted by Crippen LogP contribution is -2.45. The molecule has 1 aliphatic heterocycles. The second-order valence-electron chi connectivity index (χ2n) is 6.90. The van der Waals surface area contributed by atoms with Gasteiger partial charge in [-0.25, -0.2) is 0 Å². The average molecular weight is 375 g/mol. The van der Waals surface area contributed by atoms with Gasteiger partial charge in [0, 0.05) is 30.7 Å². The van der Waals surface area contributed by atoms with E-state index in [-0.39, 0.29) is 6.61 Å². The molecule has 0 bridgehead atoms. The Kier molecular flexibility index (Phi) is 5.35. The Morgan fingerprint density at radius 3 is 3.12 bits per heavy atom. The predicted octanol–water partition coefficient (Wildman–Crippen LogP) is 1.66. The third kappa shape index (κ3) is 3.55. The van der Waals surface area contributed by atoms with Crippen LogP contribution in [0, 0.1) is 5.92 Å². The van der Waals surface area contributed by atoms with E-state index in [4.69, 9.17) is 4.74 Å². The first-order chi connectivity index (χ1) is 12.8. The zero-order chi connectivity index (χ0) is 17.9. The molecule has 140 valence electrons. The van der Waals surface area contributed by atoms with Crippen molar-refractivity contribution in [2.75, 3.05) is 31.7 Å². The number of hydrazine groups is 1. The smallest absolute Gasteiger partial charge is 0.208 e. The Morgan fingerprint density at radius 2 is 2.27 bits per heavy atom. The number of anilines is 1. The van der Waals surface area contributed by atoms with E-state index in [1.54, 1.807) is 18.4 Å². The molecule has 1 aromatic heterocycles. The predicted molar refractivity (Wildman–Crippen MR) is 102 cm³/mol. The number of methoxy groups -OCH3 is 1. The Hall–Kier alpha value is -1.74. The van der Waals surface area contributed by atoms with Gasteiger partial charge in [0.15, 0.2) is 0 Å². The number of aromatic nitrogens is 2. The highest BCUT2D eigenvalue weighted by Gasteiger charge is 2.36. The molecule has 2 heterocycles. The highest BCUT2D eigenvalue weighted by molar-refractivity contribution is 7.18. The molecule has 4 rings (SSSR count). The van der Waals surface area contributed by atoms with Crippen molar-refractivity contribution in [2.45, 2.75) is 31.3 Å². The van der Waals surface area contributed by atoms with Crippen molar-refractivity contribution in [1.29, 1.82) is 0 Å². The van der Waals surface area contributed by atoms with Crippen molar-refractivity contribution in [3.8, 4) is 16.3 Å². The summed E-state index contributed by atoms with van der Waals surface area (Å²) in [5.41, 5.74) is 7.65. The quantitative estimate of drug-likeness (QED) is 0.708. The van der Waals surface area contributed by atoms with Crippen LogP contribution >= 0.6 is 11.3 Å². The van der Waals surface area contributed by atoms with Crippen LogP contribution in [0.4, 0.5) is 5.13 Å². The zero-order valence-corrected chi connectivity index (χ0v) is 15.7. The molecule has 0 spiro atoms. The average Bonchev–Trinajstić information content (AvgIpc) is 3.35. The first kappa shape index (κ1) is 17.7. The number of hydrogen-bond donors (Lipinski definition) is 3. The van der Waals surface area contributed by atoms with Gasteiger partial charge in [0.2, 0.25) is 5.13 Å². The zero-order valence-electron chi connectivity index (χ0n) is 14.9. The van der Waals surface area contributed by atoms with Crippen molar-refractivity contribution in [2.24, 2.45) is 5.92 Å². The van der Waals surface area contributed by atoms with E-state index in [2.05, 4.69) is 25.9 Å². The van der Waals surface area contributed by atoms with Crippen molar-refractivity contribution in [1.82, 2.24) is 21.0 Å². The van der Waals surface area contributed by atoms with Crippen LogP contribution in [-0.4, -0.2) is 54.2 Å². The number of ether oxygens (including phenoxy) is 1. The third-order valence-electron chi connectivity index (χ3n) is 5.36. The molecular formula is C18H25N5O2S. The number of aliphatic hydroxyl groups is 1. The fourth-order valence-electron chi connectivity index (χ4n) is 4.01. The maximum absolute atomic E-state index is 9.58. The number of benzene rings is 1. The second kappa shape index (κ2) is 7.87. The normalized spacial score (nSPS) is 25.1. The van der Waals surface area contributed by atoms with Gasteiger partial charge in [0.1, 0.15) is 10.8 Å². The minimum atomic E-state index is 0.120. The van der Waals surface area contributed by atoms with Gasteiger partial charge in [-0.2, -0.15) is 0 Å². The molecule has 0 amide bonds. The monoisotopic (exact) mass is 375 g/mol. The van der Waals surface area contributed by atoms with Crippen LogP contribution in [-0.2, 0) is 0 Å². The molecule has 2 aromatic rings. The van der Waals surface area contributed by atoms with E-state index < -0.39 is 0 Å². The summed E-state index contributed by atoms with van der Waals surface area (Å²) in [7, 11) is 1.66. The summed E-state index contributed by atoms with van der Waals surface area (Å²) in [6, 6.07) is 8.85. The molecule has 8 heteroatoms. The van der Waals surface area contributed by atoms with E-state index in [9.17, 15) is 5.11 Å². The number of fused-ring (bicyclic) bond motifs is 1. The SMILES string of the molecule is COc1cccc(-c2nnc(N(CCO)C3CCC4NNCC4C3)s2)c1. The van der Waals surface area contributed by atoms with Crippen molar-refractivity contribution >= 4 is 16.5 Å². The van der Waals surface area contributed by atoms with Gasteiger partial charge in [0.05, 0.1) is 13.7 Å². The van der Waals surface area contributed by atoms with Crippen LogP contribution in [0.1, 0.15) is 19.3 Å². The van der Waals surface area contributed by atoms with Crippen LogP contribution in [0.2, 0.25) is 0 Å². The first-order valence-corrected chi connectivity index (χ1v) is 9.94. The minimum Gasteiger partial charge on any atom is -0.497 e. The molecule has 1 saturated heterocycles. The van der Waals surface area contributed by atoms with Crippen LogP contribution in [0.5, 0.6) is 5.75 Å². The van der Waals surface area contributed by atoms with Crippen LogP contribution in [0.25, 0.3) is 10.6 Å². The van der Waals surface area contributed by atoms with Gasteiger partial charge < -0.3 is 14.7 Å². The van der Waals surface area contributed by atoms with Gasteiger partial charge in [-0.15, -0.1) is 10.2 Å². The lowest BCUT2D eigenvalue weighted by Gasteiger charge is -2.38. The topological polar surface area (TPSA) is 82.5 Å². The lowest BCUT2D eigenvalue weighted by atomic mass is 9.82. The number of hydrogen-bond acceptors (Lipinski definition) is 8. The summed E-state index contributed by atoms with van der Waals surface area (Å²) in [6.07, 6.45) is 3.36. The van der Waals surface area contributed by atoms with Crippen molar-refractivity contribution in [3.63, 3.8) is 0 Å². The molecule has 1 aliphatic carbocycles. The number of rotatable bonds is 6. The van der Waals surface area contributed by atoms with E-state index >= 15 is 0 Å². The van der Waals surface area contributed by atoms with E-state index in [0.29, 0.717) is 24.5 Å². The molecule has 2 aliphatic rings. The van der Waals surface area contributed by atoms with E-state index in [0.717, 1.165) is 47.3 Å². The number of nitrogens with one attached hydrogen (secondary N) is 2. The standard InChI is InChI=1S/C18H25N5O2S/c1-25-15-4-2-3-12(10-15)17-21-22-18(26-17)23(7-8-24)14-5-6-16-13(9-14)11-19-20-16/h2-4,10,13-14,16,19-20,24H,5-9,11H2,1H3. The fourth-order valence-corrected chi connectivity index (χ4v) is 4.94. The third-order valence-corrected chi connectivity index (χ3v) is 6.37. The number of aliphatic hydroxyl groups excluding tert-OH is 1. The summed E-state index contributed by atoms with van der Waals surface area (Å²) in [4.78, 5) is 2.25. The minimum absolute atomic E-state index is 0.120. The van der Waals surface area contributed by atoms with Gasteiger partial charge in [0.25, 0.3) is 0 Å². The molecule has 1 saturated carbocycles. The highest BCUT2D eigenvalue weighted by Crippen LogP contribution is 2.35. The maximum atomic E-state index is 9.58. The van der Waals surface area contributed by atoms with Crippen LogP contribution < -0.4 is 20.5 Å². The Bertz CT molecular complexity index is 740. The molecule has 2 fully saturated rings. The van der Waals surface area contributed by atoms with Gasteiger partial charge in [-0.05, 0) is 37.3 Å². The molecule has 1 aromatic carbocycles. The summed E-state index contributed by atoms with van der Waals surface area (Å²) in [5, 5.41) is 20.2. The largest absolute Gasteiger partial charge is 0.497 e. The molecule has 7 nitrogen and oxygen atoms in total. The summed E-state index contributed by atoms with van der Waals surface area (Å²) >= 11 is 1.58. The second-order valence-corrected chi connectivity index (χ2v) is 7.85. The van der Waals surface area contributed by atoms with Crippen LogP contribution in [0.15, 0.2) is 24.3 Å². The molecule has 3 N–H and O–H groups in total. The van der Waals surface area contributed by atoms with Gasteiger partial charge in [-0.1, -0.05) is 23.5 Å². The Balaban J connectivity index is 1.54. The van der Waals surface area contributed by atoms with Crippen molar-refractivity contribution in [3.05, 3.63) is 24.3 Å². The molecular weight excluding hydrogens is 350 g/mol. The highest BCUT2D eigenvalue weighted by atomic mass is 32.1. The Labute approximate surface area is 157 Å². The van der Waals surface area contributed by atoms with Crippen LogP contribution in [0.3, 0.4) is 0 Å². The van der Waals surface area contributed by atoms with E-state index in [1.165, 1.54) is 0 Å². The molecule has 26 heavy (non-hydrogen) atoms. The first-order valence-electron chi connectivity index (χ1n) is 9.12. The van der Waals surface area contributed by atoms with Gasteiger partial charge >= 0.3 is 0 Å². The molecule has 3 atom stereocenters. The van der Waals surface area contributed by atoms with Crippen molar-refractivity contribution < 1.29 is 9.84 Å². The Morgan fingerprint density at radius 1 is 1.35 bits per heavy atom.